The molecule has 0 amide bonds. The number of aromatic nitrogens is 1. The minimum atomic E-state index is 0.628. The van der Waals surface area contributed by atoms with Crippen LogP contribution in [0.15, 0.2) is 5.57 Å². The number of anilines is 1. The lowest BCUT2D eigenvalue weighted by molar-refractivity contribution is 0.406. The summed E-state index contributed by atoms with van der Waals surface area (Å²) in [6.45, 7) is 0. The number of rotatable bonds is 4. The normalized spacial score (nSPS) is 17.8. The van der Waals surface area contributed by atoms with Crippen LogP contribution in [-0.2, 0) is 0 Å². The van der Waals surface area contributed by atoms with Gasteiger partial charge >= 0.3 is 0 Å². The van der Waals surface area contributed by atoms with Crippen LogP contribution >= 0.6 is 38.9 Å². The van der Waals surface area contributed by atoms with Crippen LogP contribution in [0, 0.1) is 5.92 Å². The number of hydrogen-bond acceptors (Lipinski definition) is 3. The number of alkyl halides is 1. The SMILES string of the molecule is CN(C)c1nc(Cl)c(C=C(CBr)C2CCCCC2)s1. The molecule has 1 aliphatic carbocycles. The van der Waals surface area contributed by atoms with E-state index in [1.807, 2.05) is 19.0 Å². The van der Waals surface area contributed by atoms with Gasteiger partial charge in [0.1, 0.15) is 5.15 Å². The summed E-state index contributed by atoms with van der Waals surface area (Å²) in [5.74, 6) is 0.717. The molecule has 0 radical (unpaired) electrons. The van der Waals surface area contributed by atoms with Gasteiger partial charge in [0.05, 0.1) is 4.88 Å². The Labute approximate surface area is 133 Å². The molecule has 2 rings (SSSR count). The van der Waals surface area contributed by atoms with Crippen LogP contribution < -0.4 is 4.90 Å². The minimum Gasteiger partial charge on any atom is -0.354 e. The lowest BCUT2D eigenvalue weighted by atomic mass is 9.84. The van der Waals surface area contributed by atoms with E-state index in [4.69, 9.17) is 11.6 Å². The van der Waals surface area contributed by atoms with E-state index in [9.17, 15) is 0 Å². The Morgan fingerprint density at radius 2 is 2.11 bits per heavy atom. The topological polar surface area (TPSA) is 16.1 Å². The molecule has 1 aromatic rings. The molecule has 1 fully saturated rings. The second-order valence-electron chi connectivity index (χ2n) is 5.23. The number of allylic oxidation sites excluding steroid dienone is 1. The van der Waals surface area contributed by atoms with Gasteiger partial charge in [0.15, 0.2) is 5.13 Å². The number of thiazole rings is 1. The summed E-state index contributed by atoms with van der Waals surface area (Å²) < 4.78 is 0. The van der Waals surface area contributed by atoms with Gasteiger partial charge in [-0.15, -0.1) is 0 Å². The molecule has 0 spiro atoms. The third kappa shape index (κ3) is 3.96. The van der Waals surface area contributed by atoms with Crippen LogP contribution in [0.25, 0.3) is 6.08 Å². The molecule has 0 saturated heterocycles. The molecule has 1 heterocycles. The van der Waals surface area contributed by atoms with E-state index < -0.39 is 0 Å². The monoisotopic (exact) mass is 362 g/mol. The summed E-state index contributed by atoms with van der Waals surface area (Å²) in [6.07, 6.45) is 8.97. The van der Waals surface area contributed by atoms with Crippen LogP contribution in [0.4, 0.5) is 5.13 Å². The fourth-order valence-corrected chi connectivity index (χ4v) is 4.27. The van der Waals surface area contributed by atoms with Gasteiger partial charge in [-0.25, -0.2) is 4.98 Å². The van der Waals surface area contributed by atoms with Crippen molar-refractivity contribution < 1.29 is 0 Å². The summed E-state index contributed by atoms with van der Waals surface area (Å²) in [4.78, 5) is 7.48. The largest absolute Gasteiger partial charge is 0.354 e. The molecule has 1 saturated carbocycles. The lowest BCUT2D eigenvalue weighted by Crippen LogP contribution is -2.09. The maximum Gasteiger partial charge on any atom is 0.186 e. The molecule has 5 heteroatoms. The first-order valence-electron chi connectivity index (χ1n) is 6.72. The van der Waals surface area contributed by atoms with E-state index in [0.29, 0.717) is 11.1 Å². The first-order chi connectivity index (χ1) is 9.11. The first kappa shape index (κ1) is 15.3. The Kier molecular flexibility index (Phi) is 5.72. The van der Waals surface area contributed by atoms with Crippen molar-refractivity contribution in [3.63, 3.8) is 0 Å². The van der Waals surface area contributed by atoms with Crippen LogP contribution in [0.5, 0.6) is 0 Å². The Bertz CT molecular complexity index is 450. The Balaban J connectivity index is 2.21. The van der Waals surface area contributed by atoms with Gasteiger partial charge in [-0.3, -0.25) is 0 Å². The molecule has 0 atom stereocenters. The summed E-state index contributed by atoms with van der Waals surface area (Å²) in [7, 11) is 3.99. The summed E-state index contributed by atoms with van der Waals surface area (Å²) in [6, 6.07) is 0. The third-order valence-electron chi connectivity index (χ3n) is 3.58. The van der Waals surface area contributed by atoms with E-state index in [-0.39, 0.29) is 0 Å². The first-order valence-corrected chi connectivity index (χ1v) is 9.03. The molecular weight excluding hydrogens is 344 g/mol. The van der Waals surface area contributed by atoms with Gasteiger partial charge in [-0.05, 0) is 24.8 Å². The smallest absolute Gasteiger partial charge is 0.186 e. The summed E-state index contributed by atoms with van der Waals surface area (Å²) in [5, 5.41) is 2.53. The maximum absolute atomic E-state index is 6.24. The van der Waals surface area contributed by atoms with Gasteiger partial charge in [0.25, 0.3) is 0 Å². The Morgan fingerprint density at radius 1 is 1.42 bits per heavy atom. The van der Waals surface area contributed by atoms with Crippen molar-refractivity contribution in [1.82, 2.24) is 4.98 Å². The fourth-order valence-electron chi connectivity index (χ4n) is 2.49. The highest BCUT2D eigenvalue weighted by Crippen LogP contribution is 2.35. The van der Waals surface area contributed by atoms with E-state index >= 15 is 0 Å². The average molecular weight is 364 g/mol. The van der Waals surface area contributed by atoms with Crippen LogP contribution in [0.2, 0.25) is 5.15 Å². The molecule has 1 aromatic heterocycles. The quantitative estimate of drug-likeness (QED) is 0.682. The van der Waals surface area contributed by atoms with Crippen molar-refractivity contribution >= 4 is 50.1 Å². The van der Waals surface area contributed by atoms with Crippen LogP contribution in [-0.4, -0.2) is 24.4 Å². The number of hydrogen-bond donors (Lipinski definition) is 0. The zero-order valence-corrected chi connectivity index (χ0v) is 14.6. The lowest BCUT2D eigenvalue weighted by Gasteiger charge is -2.23. The molecule has 0 unspecified atom stereocenters. The van der Waals surface area contributed by atoms with E-state index in [0.717, 1.165) is 15.3 Å². The molecule has 1 aliphatic rings. The summed E-state index contributed by atoms with van der Waals surface area (Å²) in [5.41, 5.74) is 1.47. The minimum absolute atomic E-state index is 0.628. The van der Waals surface area contributed by atoms with Gasteiger partial charge in [0.2, 0.25) is 0 Å². The molecule has 0 bridgehead atoms. The predicted molar refractivity (Wildman–Crippen MR) is 89.8 cm³/mol. The van der Waals surface area contributed by atoms with Crippen molar-refractivity contribution in [2.75, 3.05) is 24.3 Å². The Hall–Kier alpha value is -0.0600. The third-order valence-corrected chi connectivity index (χ3v) is 5.80. The van der Waals surface area contributed by atoms with Gasteiger partial charge in [-0.1, -0.05) is 63.7 Å². The van der Waals surface area contributed by atoms with Crippen molar-refractivity contribution in [2.45, 2.75) is 32.1 Å². The molecule has 0 N–H and O–H groups in total. The second-order valence-corrected chi connectivity index (χ2v) is 7.16. The highest BCUT2D eigenvalue weighted by atomic mass is 79.9. The molecular formula is C14H20BrClN2S. The number of halogens is 2. The molecule has 0 aliphatic heterocycles. The van der Waals surface area contributed by atoms with Crippen molar-refractivity contribution in [3.05, 3.63) is 15.6 Å². The van der Waals surface area contributed by atoms with Gasteiger partial charge < -0.3 is 4.90 Å². The molecule has 0 aromatic carbocycles. The van der Waals surface area contributed by atoms with E-state index in [1.165, 1.54) is 37.7 Å². The van der Waals surface area contributed by atoms with Gasteiger partial charge in [0, 0.05) is 19.4 Å². The molecule has 2 nitrogen and oxygen atoms in total. The highest BCUT2D eigenvalue weighted by Gasteiger charge is 2.18. The zero-order valence-electron chi connectivity index (χ0n) is 11.5. The second kappa shape index (κ2) is 7.09. The summed E-state index contributed by atoms with van der Waals surface area (Å²) >= 11 is 11.5. The molecule has 106 valence electrons. The Morgan fingerprint density at radius 3 is 2.63 bits per heavy atom. The number of nitrogens with zero attached hydrogens (tertiary/aromatic N) is 2. The van der Waals surface area contributed by atoms with Crippen molar-refractivity contribution in [3.8, 4) is 0 Å². The van der Waals surface area contributed by atoms with Gasteiger partial charge in [-0.2, -0.15) is 0 Å². The molecule has 19 heavy (non-hydrogen) atoms. The van der Waals surface area contributed by atoms with Crippen molar-refractivity contribution in [2.24, 2.45) is 5.92 Å². The van der Waals surface area contributed by atoms with E-state index in [1.54, 1.807) is 11.3 Å². The van der Waals surface area contributed by atoms with Crippen LogP contribution in [0.1, 0.15) is 37.0 Å². The average Bonchev–Trinajstić information content (AvgIpc) is 2.78. The fraction of sp³-hybridized carbons (Fsp3) is 0.643. The predicted octanol–water partition coefficient (Wildman–Crippen LogP) is 5.22. The van der Waals surface area contributed by atoms with Crippen LogP contribution in [0.3, 0.4) is 0 Å². The standard InChI is InChI=1S/C14H20BrClN2S/c1-18(2)14-17-13(16)12(19-14)8-11(9-15)10-6-4-3-5-7-10/h8,10H,3-7,9H2,1-2H3. The van der Waals surface area contributed by atoms with E-state index in [2.05, 4.69) is 27.0 Å². The van der Waals surface area contributed by atoms with Crippen molar-refractivity contribution in [1.29, 1.82) is 0 Å². The maximum atomic E-state index is 6.24. The highest BCUT2D eigenvalue weighted by molar-refractivity contribution is 9.09. The zero-order chi connectivity index (χ0) is 13.8.